The number of benzene rings is 2. The van der Waals surface area contributed by atoms with Crippen molar-refractivity contribution in [2.45, 2.75) is 19.9 Å². The fourth-order valence-corrected chi connectivity index (χ4v) is 3.14. The van der Waals surface area contributed by atoms with Crippen LogP contribution in [0.15, 0.2) is 54.9 Å². The van der Waals surface area contributed by atoms with E-state index in [1.54, 1.807) is 6.33 Å². The molecule has 4 nitrogen and oxygen atoms in total. The molecule has 0 amide bonds. The van der Waals surface area contributed by atoms with Gasteiger partial charge in [0, 0.05) is 10.7 Å². The minimum absolute atomic E-state index is 0.0425. The molecule has 0 saturated heterocycles. The summed E-state index contributed by atoms with van der Waals surface area (Å²) >= 11 is 6.18. The Labute approximate surface area is 145 Å². The molecule has 3 aromatic rings. The highest BCUT2D eigenvalue weighted by atomic mass is 35.5. The van der Waals surface area contributed by atoms with E-state index in [4.69, 9.17) is 11.6 Å². The molecule has 0 aliphatic carbocycles. The highest BCUT2D eigenvalue weighted by Crippen LogP contribution is 2.33. The van der Waals surface area contributed by atoms with Gasteiger partial charge in [-0.25, -0.2) is 4.68 Å². The first kappa shape index (κ1) is 15.0. The second kappa shape index (κ2) is 5.80. The van der Waals surface area contributed by atoms with Crippen molar-refractivity contribution >= 4 is 23.2 Å². The van der Waals surface area contributed by atoms with Crippen LogP contribution in [0.25, 0.3) is 5.70 Å². The van der Waals surface area contributed by atoms with Gasteiger partial charge in [0.1, 0.15) is 12.4 Å². The molecule has 2 aromatic carbocycles. The zero-order chi connectivity index (χ0) is 16.7. The van der Waals surface area contributed by atoms with Gasteiger partial charge >= 0.3 is 0 Å². The first-order valence-corrected chi connectivity index (χ1v) is 8.21. The van der Waals surface area contributed by atoms with Crippen LogP contribution in [0.4, 0.5) is 5.95 Å². The van der Waals surface area contributed by atoms with Crippen LogP contribution in [0, 0.1) is 13.8 Å². The predicted octanol–water partition coefficient (Wildman–Crippen LogP) is 4.60. The number of anilines is 1. The molecule has 2 heterocycles. The van der Waals surface area contributed by atoms with Crippen LogP contribution >= 0.6 is 11.6 Å². The molecule has 0 bridgehead atoms. The number of hydrogen-bond donors (Lipinski definition) is 1. The Bertz CT molecular complexity index is 942. The zero-order valence-electron chi connectivity index (χ0n) is 13.5. The summed E-state index contributed by atoms with van der Waals surface area (Å²) in [7, 11) is 0. The molecular formula is C19H17ClN4. The van der Waals surface area contributed by atoms with Crippen molar-refractivity contribution in [3.8, 4) is 0 Å². The Balaban J connectivity index is 1.82. The number of nitrogens with one attached hydrogen (secondary N) is 1. The van der Waals surface area contributed by atoms with Crippen LogP contribution < -0.4 is 5.32 Å². The summed E-state index contributed by atoms with van der Waals surface area (Å²) < 4.78 is 1.87. The Kier molecular flexibility index (Phi) is 3.62. The molecule has 0 spiro atoms. The Morgan fingerprint density at radius 2 is 1.96 bits per heavy atom. The van der Waals surface area contributed by atoms with Crippen LogP contribution in [0.3, 0.4) is 0 Å². The summed E-state index contributed by atoms with van der Waals surface area (Å²) in [6.45, 7) is 4.24. The van der Waals surface area contributed by atoms with E-state index in [1.165, 1.54) is 11.1 Å². The Hall–Kier alpha value is -2.59. The van der Waals surface area contributed by atoms with Crippen molar-refractivity contribution in [2.75, 3.05) is 5.32 Å². The van der Waals surface area contributed by atoms with Crippen molar-refractivity contribution in [1.29, 1.82) is 0 Å². The molecule has 0 saturated carbocycles. The standard InChI is InChI=1S/C19H17ClN4/c1-12-6-7-14(8-13(12)2)17-10-18(15-4-3-5-16(20)9-15)24-19(23-17)21-11-22-24/h3-11,18H,1-2H3,(H,21,22,23)/t18-/m0/s1. The molecule has 1 aromatic heterocycles. The van der Waals surface area contributed by atoms with Crippen molar-refractivity contribution in [3.05, 3.63) is 82.1 Å². The van der Waals surface area contributed by atoms with Crippen molar-refractivity contribution in [3.63, 3.8) is 0 Å². The molecule has 0 radical (unpaired) electrons. The van der Waals surface area contributed by atoms with Crippen LogP contribution in [-0.4, -0.2) is 14.8 Å². The lowest BCUT2D eigenvalue weighted by Crippen LogP contribution is -2.20. The van der Waals surface area contributed by atoms with E-state index in [0.717, 1.165) is 22.8 Å². The summed E-state index contributed by atoms with van der Waals surface area (Å²) in [6.07, 6.45) is 3.73. The number of aromatic nitrogens is 3. The van der Waals surface area contributed by atoms with Gasteiger partial charge in [-0.05, 0) is 60.4 Å². The largest absolute Gasteiger partial charge is 0.324 e. The van der Waals surface area contributed by atoms with Crippen molar-refractivity contribution in [1.82, 2.24) is 14.8 Å². The van der Waals surface area contributed by atoms with Gasteiger partial charge in [0.2, 0.25) is 5.95 Å². The van der Waals surface area contributed by atoms with Gasteiger partial charge in [0.05, 0.1) is 0 Å². The van der Waals surface area contributed by atoms with Crippen LogP contribution in [0.2, 0.25) is 5.02 Å². The second-order valence-electron chi connectivity index (χ2n) is 6.03. The Morgan fingerprint density at radius 3 is 2.75 bits per heavy atom. The molecule has 5 heteroatoms. The predicted molar refractivity (Wildman–Crippen MR) is 97.1 cm³/mol. The second-order valence-corrected chi connectivity index (χ2v) is 6.47. The lowest BCUT2D eigenvalue weighted by molar-refractivity contribution is 0.612. The van der Waals surface area contributed by atoms with Gasteiger partial charge in [-0.1, -0.05) is 35.9 Å². The molecule has 0 fully saturated rings. The highest BCUT2D eigenvalue weighted by molar-refractivity contribution is 6.30. The molecule has 1 aliphatic rings. The van der Waals surface area contributed by atoms with Gasteiger partial charge in [0.25, 0.3) is 0 Å². The van der Waals surface area contributed by atoms with E-state index in [2.05, 4.69) is 59.6 Å². The third-order valence-electron chi connectivity index (χ3n) is 4.42. The first-order chi connectivity index (χ1) is 11.6. The molecular weight excluding hydrogens is 320 g/mol. The molecule has 1 aliphatic heterocycles. The number of hydrogen-bond acceptors (Lipinski definition) is 3. The van der Waals surface area contributed by atoms with Crippen LogP contribution in [0.1, 0.15) is 28.3 Å². The molecule has 1 atom stereocenters. The van der Waals surface area contributed by atoms with Gasteiger partial charge in [-0.2, -0.15) is 10.1 Å². The quantitative estimate of drug-likeness (QED) is 0.743. The number of nitrogens with zero attached hydrogens (tertiary/aromatic N) is 3. The van der Waals surface area contributed by atoms with Gasteiger partial charge < -0.3 is 5.32 Å². The maximum Gasteiger partial charge on any atom is 0.226 e. The minimum atomic E-state index is -0.0425. The molecule has 24 heavy (non-hydrogen) atoms. The van der Waals surface area contributed by atoms with E-state index >= 15 is 0 Å². The summed E-state index contributed by atoms with van der Waals surface area (Å²) in [6, 6.07) is 14.3. The lowest BCUT2D eigenvalue weighted by Gasteiger charge is -2.24. The fraction of sp³-hybridized carbons (Fsp3) is 0.158. The number of rotatable bonds is 2. The fourth-order valence-electron chi connectivity index (χ4n) is 2.94. The van der Waals surface area contributed by atoms with E-state index < -0.39 is 0 Å². The maximum absolute atomic E-state index is 6.18. The minimum Gasteiger partial charge on any atom is -0.324 e. The molecule has 1 N–H and O–H groups in total. The summed E-state index contributed by atoms with van der Waals surface area (Å²) in [5, 5.41) is 8.45. The third-order valence-corrected chi connectivity index (χ3v) is 4.65. The van der Waals surface area contributed by atoms with E-state index in [0.29, 0.717) is 5.02 Å². The van der Waals surface area contributed by atoms with Gasteiger partial charge in [-0.15, -0.1) is 0 Å². The van der Waals surface area contributed by atoms with Crippen LogP contribution in [-0.2, 0) is 0 Å². The molecule has 0 unspecified atom stereocenters. The van der Waals surface area contributed by atoms with Gasteiger partial charge in [0.15, 0.2) is 0 Å². The highest BCUT2D eigenvalue weighted by Gasteiger charge is 2.23. The van der Waals surface area contributed by atoms with E-state index in [-0.39, 0.29) is 6.04 Å². The number of allylic oxidation sites excluding steroid dienone is 1. The summed E-state index contributed by atoms with van der Waals surface area (Å²) in [5.74, 6) is 0.732. The number of fused-ring (bicyclic) bond motifs is 1. The summed E-state index contributed by atoms with van der Waals surface area (Å²) in [5.41, 5.74) is 5.80. The molecule has 120 valence electrons. The lowest BCUT2D eigenvalue weighted by atomic mass is 9.99. The Morgan fingerprint density at radius 1 is 1.08 bits per heavy atom. The first-order valence-electron chi connectivity index (χ1n) is 7.83. The van der Waals surface area contributed by atoms with E-state index in [1.807, 2.05) is 22.9 Å². The number of aryl methyl sites for hydroxylation is 2. The maximum atomic E-state index is 6.18. The normalized spacial score (nSPS) is 16.3. The average Bonchev–Trinajstić information content (AvgIpc) is 3.05. The average molecular weight is 337 g/mol. The third kappa shape index (κ3) is 2.59. The monoisotopic (exact) mass is 336 g/mol. The molecule has 4 rings (SSSR count). The number of halogens is 1. The van der Waals surface area contributed by atoms with Crippen molar-refractivity contribution in [2.24, 2.45) is 0 Å². The summed E-state index contributed by atoms with van der Waals surface area (Å²) in [4.78, 5) is 4.34. The zero-order valence-corrected chi connectivity index (χ0v) is 14.2. The van der Waals surface area contributed by atoms with Gasteiger partial charge in [-0.3, -0.25) is 0 Å². The van der Waals surface area contributed by atoms with Crippen molar-refractivity contribution < 1.29 is 0 Å². The van der Waals surface area contributed by atoms with Crippen LogP contribution in [0.5, 0.6) is 0 Å². The smallest absolute Gasteiger partial charge is 0.226 e. The SMILES string of the molecule is Cc1ccc(C2=C[C@@H](c3cccc(Cl)c3)n3ncnc3N2)cc1C. The van der Waals surface area contributed by atoms with E-state index in [9.17, 15) is 0 Å². The topological polar surface area (TPSA) is 42.7 Å².